The van der Waals surface area contributed by atoms with Crippen LogP contribution in [0.3, 0.4) is 0 Å². The summed E-state index contributed by atoms with van der Waals surface area (Å²) < 4.78 is 44.2. The summed E-state index contributed by atoms with van der Waals surface area (Å²) in [5, 5.41) is 2.99. The molecule has 0 radical (unpaired) electrons. The van der Waals surface area contributed by atoms with Crippen LogP contribution in [-0.2, 0) is 10.0 Å². The van der Waals surface area contributed by atoms with Crippen molar-refractivity contribution in [2.75, 3.05) is 18.9 Å². The molecule has 4 rings (SSSR count). The average molecular weight is 484 g/mol. The molecule has 34 heavy (non-hydrogen) atoms. The number of carbonyl (C=O) groups is 1. The highest BCUT2D eigenvalue weighted by Gasteiger charge is 2.22. The lowest BCUT2D eigenvalue weighted by Crippen LogP contribution is -2.39. The smallest absolute Gasteiger partial charge is 0.265 e. The maximum Gasteiger partial charge on any atom is 0.265 e. The highest BCUT2D eigenvalue weighted by molar-refractivity contribution is 7.92. The number of nitrogens with zero attached hydrogens (tertiary/aromatic N) is 1. The summed E-state index contributed by atoms with van der Waals surface area (Å²) >= 11 is 0. The van der Waals surface area contributed by atoms with Gasteiger partial charge in [0.1, 0.15) is 22.1 Å². The van der Waals surface area contributed by atoms with Crippen LogP contribution in [0, 0.1) is 0 Å². The van der Waals surface area contributed by atoms with Gasteiger partial charge in [0.05, 0.1) is 26.1 Å². The van der Waals surface area contributed by atoms with Crippen LogP contribution in [0.1, 0.15) is 29.6 Å². The molecule has 2 N–H and O–H groups in total. The molecule has 1 aromatic heterocycles. The number of sulfonamides is 1. The molecule has 0 aliphatic heterocycles. The van der Waals surface area contributed by atoms with E-state index in [1.165, 1.54) is 44.7 Å². The normalized spacial score (nSPS) is 13.5. The minimum atomic E-state index is -3.95. The lowest BCUT2D eigenvalue weighted by Gasteiger charge is -2.26. The van der Waals surface area contributed by atoms with E-state index in [4.69, 9.17) is 14.2 Å². The molecule has 178 valence electrons. The summed E-state index contributed by atoms with van der Waals surface area (Å²) in [6.07, 6.45) is 4.55. The molecule has 1 saturated carbocycles. The lowest BCUT2D eigenvalue weighted by atomic mass is 9.93. The lowest BCUT2D eigenvalue weighted by molar-refractivity contribution is 0.0917. The molecule has 0 bridgehead atoms. The number of anilines is 1. The largest absolute Gasteiger partial charge is 0.497 e. The zero-order valence-corrected chi connectivity index (χ0v) is 19.6. The van der Waals surface area contributed by atoms with Crippen LogP contribution in [0.25, 0.3) is 0 Å². The fourth-order valence-corrected chi connectivity index (χ4v) is 4.55. The van der Waals surface area contributed by atoms with Crippen molar-refractivity contribution < 1.29 is 27.4 Å². The second-order valence-electron chi connectivity index (χ2n) is 7.74. The number of methoxy groups -OCH3 is 2. The third kappa shape index (κ3) is 5.40. The Morgan fingerprint density at radius 2 is 1.71 bits per heavy atom. The maximum absolute atomic E-state index is 12.9. The van der Waals surface area contributed by atoms with Crippen molar-refractivity contribution in [2.45, 2.75) is 30.2 Å². The molecule has 0 atom stereocenters. The van der Waals surface area contributed by atoms with Crippen LogP contribution < -0.4 is 24.2 Å². The molecular weight excluding hydrogens is 458 g/mol. The van der Waals surface area contributed by atoms with Gasteiger partial charge in [-0.05, 0) is 61.7 Å². The molecule has 1 heterocycles. The number of hydrogen-bond acceptors (Lipinski definition) is 7. The zero-order valence-electron chi connectivity index (χ0n) is 18.8. The predicted molar refractivity (Wildman–Crippen MR) is 126 cm³/mol. The van der Waals surface area contributed by atoms with Crippen LogP contribution in [0.5, 0.6) is 23.1 Å². The van der Waals surface area contributed by atoms with E-state index in [1.807, 2.05) is 0 Å². The molecule has 1 aliphatic carbocycles. The van der Waals surface area contributed by atoms with Crippen LogP contribution in [0.2, 0.25) is 0 Å². The van der Waals surface area contributed by atoms with Gasteiger partial charge in [0, 0.05) is 23.7 Å². The summed E-state index contributed by atoms with van der Waals surface area (Å²) in [6.45, 7) is 0. The van der Waals surface area contributed by atoms with Gasteiger partial charge in [-0.25, -0.2) is 13.4 Å². The second kappa shape index (κ2) is 10.0. The van der Waals surface area contributed by atoms with Crippen LogP contribution in [-0.4, -0.2) is 39.6 Å². The van der Waals surface area contributed by atoms with Gasteiger partial charge < -0.3 is 19.5 Å². The Morgan fingerprint density at radius 3 is 2.29 bits per heavy atom. The van der Waals surface area contributed by atoms with Crippen molar-refractivity contribution in [2.24, 2.45) is 0 Å². The van der Waals surface area contributed by atoms with E-state index in [0.29, 0.717) is 17.1 Å². The molecule has 0 unspecified atom stereocenters. The van der Waals surface area contributed by atoms with Crippen molar-refractivity contribution in [1.82, 2.24) is 10.3 Å². The number of nitrogens with one attached hydrogen (secondary N) is 2. The van der Waals surface area contributed by atoms with Crippen LogP contribution >= 0.6 is 0 Å². The number of amides is 1. The zero-order chi connectivity index (χ0) is 24.1. The van der Waals surface area contributed by atoms with Gasteiger partial charge in [-0.3, -0.25) is 9.52 Å². The molecule has 0 spiro atoms. The molecular formula is C24H25N3O6S. The number of aromatic nitrogens is 1. The van der Waals surface area contributed by atoms with Crippen molar-refractivity contribution in [3.8, 4) is 23.1 Å². The van der Waals surface area contributed by atoms with E-state index in [2.05, 4.69) is 15.0 Å². The van der Waals surface area contributed by atoms with E-state index in [1.54, 1.807) is 30.3 Å². The van der Waals surface area contributed by atoms with Gasteiger partial charge in [-0.2, -0.15) is 0 Å². The van der Waals surface area contributed by atoms with Crippen LogP contribution in [0.15, 0.2) is 65.7 Å². The van der Waals surface area contributed by atoms with Gasteiger partial charge in [0.2, 0.25) is 5.88 Å². The highest BCUT2D eigenvalue weighted by Crippen LogP contribution is 2.30. The first kappa shape index (κ1) is 23.4. The molecule has 1 amide bonds. The average Bonchev–Trinajstić information content (AvgIpc) is 2.82. The quantitative estimate of drug-likeness (QED) is 0.473. The minimum absolute atomic E-state index is 0.0592. The molecule has 9 nitrogen and oxygen atoms in total. The highest BCUT2D eigenvalue weighted by atomic mass is 32.2. The molecule has 2 aromatic carbocycles. The van der Waals surface area contributed by atoms with Crippen molar-refractivity contribution in [3.63, 3.8) is 0 Å². The first-order valence-electron chi connectivity index (χ1n) is 10.7. The van der Waals surface area contributed by atoms with Gasteiger partial charge >= 0.3 is 0 Å². The Morgan fingerprint density at radius 1 is 0.971 bits per heavy atom. The van der Waals surface area contributed by atoms with Gasteiger partial charge in [0.15, 0.2) is 0 Å². The number of hydrogen-bond donors (Lipinski definition) is 2. The van der Waals surface area contributed by atoms with E-state index < -0.39 is 10.0 Å². The fourth-order valence-electron chi connectivity index (χ4n) is 3.32. The SMILES string of the molecule is COc1ccc(OC)c(S(=O)(=O)Nc2ccc(Oc3ccc(C(=O)NC4CCC4)cc3)nc2)c1. The first-order chi connectivity index (χ1) is 16.4. The standard InChI is InChI=1S/C24H25N3O6S/c1-31-20-11-12-21(32-2)22(14-20)34(29,30)27-18-8-13-23(25-15-18)33-19-9-6-16(7-10-19)24(28)26-17-4-3-5-17/h6-15,17,27H,3-5H2,1-2H3,(H,26,28). The Kier molecular flexibility index (Phi) is 6.87. The van der Waals surface area contributed by atoms with E-state index >= 15 is 0 Å². The predicted octanol–water partition coefficient (Wildman–Crippen LogP) is 3.97. The number of rotatable bonds is 9. The van der Waals surface area contributed by atoms with E-state index in [9.17, 15) is 13.2 Å². The van der Waals surface area contributed by atoms with Gasteiger partial charge in [-0.15, -0.1) is 0 Å². The monoisotopic (exact) mass is 483 g/mol. The third-order valence-corrected chi connectivity index (χ3v) is 6.83. The van der Waals surface area contributed by atoms with Gasteiger partial charge in [-0.1, -0.05) is 0 Å². The number of pyridine rings is 1. The first-order valence-corrected chi connectivity index (χ1v) is 12.2. The number of benzene rings is 2. The Labute approximate surface area is 198 Å². The van der Waals surface area contributed by atoms with Crippen molar-refractivity contribution >= 4 is 21.6 Å². The summed E-state index contributed by atoms with van der Waals surface area (Å²) in [5.74, 6) is 1.25. The molecule has 3 aromatic rings. The molecule has 10 heteroatoms. The third-order valence-electron chi connectivity index (χ3n) is 5.43. The van der Waals surface area contributed by atoms with E-state index in [0.717, 1.165) is 19.3 Å². The summed E-state index contributed by atoms with van der Waals surface area (Å²) in [4.78, 5) is 16.3. The Hall–Kier alpha value is -3.79. The summed E-state index contributed by atoms with van der Waals surface area (Å²) in [6, 6.07) is 14.6. The number of carbonyl (C=O) groups excluding carboxylic acids is 1. The van der Waals surface area contributed by atoms with Gasteiger partial charge in [0.25, 0.3) is 15.9 Å². The van der Waals surface area contributed by atoms with Crippen molar-refractivity contribution in [3.05, 3.63) is 66.4 Å². The molecule has 1 aliphatic rings. The van der Waals surface area contributed by atoms with Crippen LogP contribution in [0.4, 0.5) is 5.69 Å². The number of ether oxygens (including phenoxy) is 3. The summed E-state index contributed by atoms with van der Waals surface area (Å²) in [5.41, 5.74) is 0.810. The fraction of sp³-hybridized carbons (Fsp3) is 0.250. The summed E-state index contributed by atoms with van der Waals surface area (Å²) in [7, 11) is -1.11. The maximum atomic E-state index is 12.9. The van der Waals surface area contributed by atoms with Crippen molar-refractivity contribution in [1.29, 1.82) is 0 Å². The minimum Gasteiger partial charge on any atom is -0.497 e. The molecule has 1 fully saturated rings. The second-order valence-corrected chi connectivity index (χ2v) is 9.39. The Balaban J connectivity index is 1.41. The molecule has 0 saturated heterocycles. The Bertz CT molecular complexity index is 1260. The topological polar surface area (TPSA) is 116 Å². The van der Waals surface area contributed by atoms with E-state index in [-0.39, 0.29) is 34.2 Å².